The Bertz CT molecular complexity index is 869. The van der Waals surface area contributed by atoms with Crippen molar-refractivity contribution in [1.29, 1.82) is 0 Å². The van der Waals surface area contributed by atoms with Gasteiger partial charge in [0.05, 0.1) is 13.2 Å². The molecule has 2 rings (SSSR count). The van der Waals surface area contributed by atoms with Crippen LogP contribution < -0.4 is 9.47 Å². The van der Waals surface area contributed by atoms with Gasteiger partial charge >= 0.3 is 11.9 Å². The summed E-state index contributed by atoms with van der Waals surface area (Å²) in [5.74, 6) is 0.369. The highest BCUT2D eigenvalue weighted by molar-refractivity contribution is 5.87. The number of esters is 2. The number of benzene rings is 2. The Hall–Kier alpha value is -3.62. The van der Waals surface area contributed by atoms with E-state index in [9.17, 15) is 9.59 Å². The van der Waals surface area contributed by atoms with Crippen LogP contribution in [0.3, 0.4) is 0 Å². The van der Waals surface area contributed by atoms with E-state index in [1.54, 1.807) is 36.4 Å². The first-order valence-corrected chi connectivity index (χ1v) is 12.0. The van der Waals surface area contributed by atoms with Crippen LogP contribution in [0, 0.1) is 0 Å². The Morgan fingerprint density at radius 2 is 0.972 bits per heavy atom. The van der Waals surface area contributed by atoms with Gasteiger partial charge < -0.3 is 29.2 Å². The fourth-order valence-corrected chi connectivity index (χ4v) is 2.87. The highest BCUT2D eigenvalue weighted by Crippen LogP contribution is 2.15. The van der Waals surface area contributed by atoms with Gasteiger partial charge in [-0.3, -0.25) is 0 Å². The normalized spacial score (nSPS) is 11.1. The lowest BCUT2D eigenvalue weighted by molar-refractivity contribution is -0.145. The zero-order chi connectivity index (χ0) is 25.8. The van der Waals surface area contributed by atoms with Gasteiger partial charge in [-0.1, -0.05) is 24.3 Å². The minimum absolute atomic E-state index is 0.0499. The summed E-state index contributed by atoms with van der Waals surface area (Å²) < 4.78 is 21.2. The molecule has 0 saturated carbocycles. The Balaban J connectivity index is 1.61. The molecule has 36 heavy (non-hydrogen) atoms. The van der Waals surface area contributed by atoms with E-state index in [1.165, 1.54) is 12.2 Å². The molecular formula is C28H34O8. The molecule has 0 fully saturated rings. The molecule has 0 radical (unpaired) electrons. The quantitative estimate of drug-likeness (QED) is 0.192. The number of ether oxygens (including phenoxy) is 4. The van der Waals surface area contributed by atoms with Crippen molar-refractivity contribution in [2.45, 2.75) is 25.7 Å². The number of hydrogen-bond donors (Lipinski definition) is 2. The number of carbonyl (C=O) groups is 2. The number of aliphatic hydroxyl groups excluding tert-OH is 2. The Morgan fingerprint density at radius 1 is 0.583 bits per heavy atom. The molecule has 0 aliphatic heterocycles. The smallest absolute Gasteiger partial charge is 0.330 e. The summed E-state index contributed by atoms with van der Waals surface area (Å²) in [5.41, 5.74) is 1.63. The van der Waals surface area contributed by atoms with Crippen molar-refractivity contribution in [2.24, 2.45) is 0 Å². The van der Waals surface area contributed by atoms with Gasteiger partial charge in [-0.15, -0.1) is 0 Å². The van der Waals surface area contributed by atoms with Crippen LogP contribution in [0.2, 0.25) is 0 Å². The third-order valence-electron chi connectivity index (χ3n) is 4.80. The Morgan fingerprint density at radius 3 is 1.33 bits per heavy atom. The van der Waals surface area contributed by atoms with Crippen molar-refractivity contribution in [2.75, 3.05) is 39.6 Å². The lowest BCUT2D eigenvalue weighted by atomic mass is 10.2. The van der Waals surface area contributed by atoms with Crippen LogP contribution in [0.5, 0.6) is 11.5 Å². The number of rotatable bonds is 17. The predicted octanol–water partition coefficient (Wildman–Crippen LogP) is 3.80. The van der Waals surface area contributed by atoms with E-state index < -0.39 is 11.9 Å². The van der Waals surface area contributed by atoms with Crippen molar-refractivity contribution in [3.63, 3.8) is 0 Å². The lowest BCUT2D eigenvalue weighted by Gasteiger charge is -2.06. The first-order chi connectivity index (χ1) is 17.6. The molecule has 2 N–H and O–H groups in total. The van der Waals surface area contributed by atoms with E-state index in [1.807, 2.05) is 24.3 Å². The minimum atomic E-state index is -0.537. The monoisotopic (exact) mass is 498 g/mol. The molecule has 0 atom stereocenters. The van der Waals surface area contributed by atoms with Crippen molar-refractivity contribution in [3.05, 3.63) is 71.8 Å². The third kappa shape index (κ3) is 12.7. The Kier molecular flexibility index (Phi) is 14.1. The second-order valence-corrected chi connectivity index (χ2v) is 7.70. The first kappa shape index (κ1) is 28.6. The predicted molar refractivity (Wildman–Crippen MR) is 136 cm³/mol. The number of hydrogen-bond acceptors (Lipinski definition) is 8. The maximum absolute atomic E-state index is 11.8. The van der Waals surface area contributed by atoms with Crippen molar-refractivity contribution >= 4 is 24.1 Å². The van der Waals surface area contributed by atoms with Crippen LogP contribution in [0.15, 0.2) is 60.7 Å². The molecule has 8 heteroatoms. The molecule has 0 spiro atoms. The summed E-state index contributed by atoms with van der Waals surface area (Å²) in [7, 11) is 0. The van der Waals surface area contributed by atoms with Gasteiger partial charge in [0.15, 0.2) is 0 Å². The molecule has 0 heterocycles. The van der Waals surface area contributed by atoms with Crippen LogP contribution in [0.4, 0.5) is 0 Å². The van der Waals surface area contributed by atoms with Crippen LogP contribution in [0.25, 0.3) is 12.2 Å². The fraction of sp³-hybridized carbons (Fsp3) is 0.357. The van der Waals surface area contributed by atoms with Crippen molar-refractivity contribution in [3.8, 4) is 11.5 Å². The number of carbonyl (C=O) groups excluding carboxylic acids is 2. The van der Waals surface area contributed by atoms with E-state index in [0.717, 1.165) is 35.5 Å². The molecule has 0 unspecified atom stereocenters. The summed E-state index contributed by atoms with van der Waals surface area (Å²) in [6.07, 6.45) is 8.84. The average molecular weight is 499 g/mol. The second-order valence-electron chi connectivity index (χ2n) is 7.70. The zero-order valence-electron chi connectivity index (χ0n) is 20.3. The molecule has 0 aromatic heterocycles. The highest BCUT2D eigenvalue weighted by atomic mass is 16.6. The molecule has 0 aliphatic carbocycles. The number of unbranched alkanes of at least 4 members (excludes halogenated alkanes) is 2. The minimum Gasteiger partial charge on any atom is -0.494 e. The van der Waals surface area contributed by atoms with Gasteiger partial charge in [-0.05, 0) is 73.2 Å². The molecule has 0 aliphatic rings. The maximum atomic E-state index is 11.8. The molecule has 2 aromatic carbocycles. The highest BCUT2D eigenvalue weighted by Gasteiger charge is 2.01. The van der Waals surface area contributed by atoms with Crippen LogP contribution in [0.1, 0.15) is 36.8 Å². The van der Waals surface area contributed by atoms with Crippen LogP contribution >= 0.6 is 0 Å². The summed E-state index contributed by atoms with van der Waals surface area (Å²) >= 11 is 0. The standard InChI is InChI=1S/C28H34O8/c29-17-1-3-19-33-25-11-5-23(6-12-25)9-15-27(31)35-21-22-36-28(32)16-10-24-7-13-26(14-8-24)34-20-4-2-18-30/h5-16,29-30H,1-4,17-22H2/b15-9+,16-10+. The molecular weight excluding hydrogens is 464 g/mol. The summed E-state index contributed by atoms with van der Waals surface area (Å²) in [6, 6.07) is 14.5. The van der Waals surface area contributed by atoms with E-state index in [4.69, 9.17) is 29.2 Å². The van der Waals surface area contributed by atoms with Gasteiger partial charge in [-0.25, -0.2) is 9.59 Å². The SMILES string of the molecule is O=C(/C=C/c1ccc(OCCCCO)cc1)OCCOC(=O)/C=C/c1ccc(OCCCCO)cc1. The average Bonchev–Trinajstić information content (AvgIpc) is 2.90. The van der Waals surface area contributed by atoms with Crippen molar-refractivity contribution < 1.29 is 38.7 Å². The van der Waals surface area contributed by atoms with Crippen LogP contribution in [-0.2, 0) is 19.1 Å². The zero-order valence-corrected chi connectivity index (χ0v) is 20.3. The molecule has 0 bridgehead atoms. The third-order valence-corrected chi connectivity index (χ3v) is 4.80. The molecule has 8 nitrogen and oxygen atoms in total. The topological polar surface area (TPSA) is 112 Å². The van der Waals surface area contributed by atoms with Crippen LogP contribution in [-0.4, -0.2) is 61.8 Å². The molecule has 2 aromatic rings. The second kappa shape index (κ2) is 17.8. The number of aliphatic hydroxyl groups is 2. The van der Waals surface area contributed by atoms with Gasteiger partial charge in [0.1, 0.15) is 24.7 Å². The van der Waals surface area contributed by atoms with E-state index in [-0.39, 0.29) is 26.4 Å². The summed E-state index contributed by atoms with van der Waals surface area (Å²) in [6.45, 7) is 1.29. The summed E-state index contributed by atoms with van der Waals surface area (Å²) in [5, 5.41) is 17.5. The van der Waals surface area contributed by atoms with Gasteiger partial charge in [0.2, 0.25) is 0 Å². The summed E-state index contributed by atoms with van der Waals surface area (Å²) in [4.78, 5) is 23.7. The largest absolute Gasteiger partial charge is 0.494 e. The fourth-order valence-electron chi connectivity index (χ4n) is 2.87. The molecule has 0 amide bonds. The molecule has 0 saturated heterocycles. The van der Waals surface area contributed by atoms with Gasteiger partial charge in [-0.2, -0.15) is 0 Å². The van der Waals surface area contributed by atoms with Gasteiger partial charge in [0, 0.05) is 25.4 Å². The lowest BCUT2D eigenvalue weighted by Crippen LogP contribution is -2.11. The van der Waals surface area contributed by atoms with Crippen molar-refractivity contribution in [1.82, 2.24) is 0 Å². The first-order valence-electron chi connectivity index (χ1n) is 12.0. The van der Waals surface area contributed by atoms with Gasteiger partial charge in [0.25, 0.3) is 0 Å². The van der Waals surface area contributed by atoms with E-state index in [0.29, 0.717) is 26.1 Å². The molecule has 194 valence electrons. The van der Waals surface area contributed by atoms with E-state index in [2.05, 4.69) is 0 Å². The van der Waals surface area contributed by atoms with E-state index >= 15 is 0 Å². The maximum Gasteiger partial charge on any atom is 0.330 e. The Labute approximate surface area is 211 Å².